The van der Waals surface area contributed by atoms with Crippen molar-refractivity contribution in [2.24, 2.45) is 16.7 Å². The summed E-state index contributed by atoms with van der Waals surface area (Å²) < 4.78 is 6.93. The van der Waals surface area contributed by atoms with Crippen LogP contribution in [0.25, 0.3) is 0 Å². The lowest BCUT2D eigenvalue weighted by Crippen LogP contribution is -2.22. The second-order valence-electron chi connectivity index (χ2n) is 6.44. The average molecular weight is 267 g/mol. The molecule has 2 rings (SSSR count). The lowest BCUT2D eigenvalue weighted by atomic mass is 10.0. The standard InChI is InChI=1S/C13H25N5O/c1-12(2)10(13(12,3)4)9-18-11(15-16-17-18)8-14-6-7-19-5/h10,14H,6-9H2,1-5H3. The predicted molar refractivity (Wildman–Crippen MR) is 72.5 cm³/mol. The minimum atomic E-state index is 0.361. The van der Waals surface area contributed by atoms with Crippen LogP contribution in [0, 0.1) is 16.7 Å². The van der Waals surface area contributed by atoms with Crippen LogP contribution in [0.3, 0.4) is 0 Å². The zero-order valence-electron chi connectivity index (χ0n) is 12.6. The summed E-state index contributed by atoms with van der Waals surface area (Å²) in [4.78, 5) is 0. The van der Waals surface area contributed by atoms with Crippen molar-refractivity contribution < 1.29 is 4.74 Å². The van der Waals surface area contributed by atoms with Crippen LogP contribution >= 0.6 is 0 Å². The molecule has 0 amide bonds. The number of nitrogens with zero attached hydrogens (tertiary/aromatic N) is 4. The number of aromatic nitrogens is 4. The number of nitrogens with one attached hydrogen (secondary N) is 1. The normalized spacial score (nSPS) is 20.7. The minimum Gasteiger partial charge on any atom is -0.383 e. The van der Waals surface area contributed by atoms with Crippen molar-refractivity contribution in [2.45, 2.75) is 40.8 Å². The van der Waals surface area contributed by atoms with Crippen molar-refractivity contribution >= 4 is 0 Å². The number of ether oxygens (including phenoxy) is 1. The van der Waals surface area contributed by atoms with Gasteiger partial charge in [-0.25, -0.2) is 4.68 Å². The summed E-state index contributed by atoms with van der Waals surface area (Å²) in [6.07, 6.45) is 0. The van der Waals surface area contributed by atoms with Gasteiger partial charge < -0.3 is 10.1 Å². The van der Waals surface area contributed by atoms with E-state index in [1.165, 1.54) is 0 Å². The first-order valence-electron chi connectivity index (χ1n) is 6.86. The van der Waals surface area contributed by atoms with Crippen molar-refractivity contribution in [3.05, 3.63) is 5.82 Å². The van der Waals surface area contributed by atoms with Crippen LogP contribution in [0.1, 0.15) is 33.5 Å². The van der Waals surface area contributed by atoms with Crippen LogP contribution in [-0.2, 0) is 17.8 Å². The molecule has 1 aliphatic rings. The van der Waals surface area contributed by atoms with Crippen LogP contribution in [0.4, 0.5) is 0 Å². The van der Waals surface area contributed by atoms with Gasteiger partial charge in [0.15, 0.2) is 5.82 Å². The van der Waals surface area contributed by atoms with Gasteiger partial charge in [-0.3, -0.25) is 0 Å². The second-order valence-corrected chi connectivity index (χ2v) is 6.44. The van der Waals surface area contributed by atoms with Crippen LogP contribution in [0.5, 0.6) is 0 Å². The van der Waals surface area contributed by atoms with Crippen molar-refractivity contribution in [2.75, 3.05) is 20.3 Å². The van der Waals surface area contributed by atoms with Gasteiger partial charge in [0.25, 0.3) is 0 Å². The average Bonchev–Trinajstić information content (AvgIpc) is 2.72. The Morgan fingerprint density at radius 1 is 1.26 bits per heavy atom. The van der Waals surface area contributed by atoms with Crippen molar-refractivity contribution in [3.8, 4) is 0 Å². The molecular weight excluding hydrogens is 242 g/mol. The van der Waals surface area contributed by atoms with Gasteiger partial charge in [0, 0.05) is 20.2 Å². The summed E-state index contributed by atoms with van der Waals surface area (Å²) in [5.74, 6) is 1.52. The molecule has 0 spiro atoms. The molecule has 1 N–H and O–H groups in total. The van der Waals surface area contributed by atoms with E-state index >= 15 is 0 Å². The molecule has 1 aromatic rings. The molecule has 1 saturated carbocycles. The quantitative estimate of drug-likeness (QED) is 0.749. The molecule has 6 nitrogen and oxygen atoms in total. The number of methoxy groups -OCH3 is 1. The zero-order valence-corrected chi connectivity index (χ0v) is 12.6. The third-order valence-corrected chi connectivity index (χ3v) is 5.05. The molecule has 6 heteroatoms. The summed E-state index contributed by atoms with van der Waals surface area (Å²) in [6.45, 7) is 12.4. The lowest BCUT2D eigenvalue weighted by Gasteiger charge is -2.07. The molecule has 0 saturated heterocycles. The number of hydrogen-bond donors (Lipinski definition) is 1. The highest BCUT2D eigenvalue weighted by molar-refractivity contribution is 5.12. The molecule has 0 radical (unpaired) electrons. The van der Waals surface area contributed by atoms with Crippen molar-refractivity contribution in [3.63, 3.8) is 0 Å². The Kier molecular flexibility index (Phi) is 3.92. The van der Waals surface area contributed by atoms with Gasteiger partial charge in [-0.1, -0.05) is 27.7 Å². The molecule has 0 aromatic carbocycles. The van der Waals surface area contributed by atoms with E-state index < -0.39 is 0 Å². The lowest BCUT2D eigenvalue weighted by molar-refractivity contribution is 0.198. The fraction of sp³-hybridized carbons (Fsp3) is 0.923. The van der Waals surface area contributed by atoms with Crippen LogP contribution < -0.4 is 5.32 Å². The molecule has 0 atom stereocenters. The van der Waals surface area contributed by atoms with Gasteiger partial charge >= 0.3 is 0 Å². The predicted octanol–water partition coefficient (Wildman–Crippen LogP) is 1.09. The smallest absolute Gasteiger partial charge is 0.165 e. The third kappa shape index (κ3) is 2.65. The molecule has 1 fully saturated rings. The Balaban J connectivity index is 1.90. The molecule has 108 valence electrons. The Labute approximate surface area is 114 Å². The van der Waals surface area contributed by atoms with Crippen LogP contribution in [-0.4, -0.2) is 40.5 Å². The first-order valence-corrected chi connectivity index (χ1v) is 6.86. The Bertz CT molecular complexity index is 412. The van der Waals surface area contributed by atoms with E-state index in [-0.39, 0.29) is 0 Å². The summed E-state index contributed by atoms with van der Waals surface area (Å²) in [6, 6.07) is 0. The number of hydrogen-bond acceptors (Lipinski definition) is 5. The monoisotopic (exact) mass is 267 g/mol. The topological polar surface area (TPSA) is 64.9 Å². The minimum absolute atomic E-state index is 0.361. The summed E-state index contributed by atoms with van der Waals surface area (Å²) in [5.41, 5.74) is 0.722. The highest BCUT2D eigenvalue weighted by Gasteiger charge is 2.64. The molecule has 0 aliphatic heterocycles. The molecule has 0 bridgehead atoms. The van der Waals surface area contributed by atoms with E-state index in [1.807, 2.05) is 4.68 Å². The van der Waals surface area contributed by atoms with Gasteiger partial charge in [-0.15, -0.1) is 5.10 Å². The second kappa shape index (κ2) is 5.17. The Hall–Kier alpha value is -1.01. The fourth-order valence-electron chi connectivity index (χ4n) is 2.83. The van der Waals surface area contributed by atoms with Crippen molar-refractivity contribution in [1.29, 1.82) is 0 Å². The van der Waals surface area contributed by atoms with E-state index in [0.29, 0.717) is 29.9 Å². The maximum Gasteiger partial charge on any atom is 0.165 e. The summed E-state index contributed by atoms with van der Waals surface area (Å²) >= 11 is 0. The molecule has 19 heavy (non-hydrogen) atoms. The maximum atomic E-state index is 5.00. The van der Waals surface area contributed by atoms with Crippen molar-refractivity contribution in [1.82, 2.24) is 25.5 Å². The van der Waals surface area contributed by atoms with E-state index in [4.69, 9.17) is 4.74 Å². The zero-order chi connectivity index (χ0) is 14.1. The Morgan fingerprint density at radius 3 is 2.53 bits per heavy atom. The van der Waals surface area contributed by atoms with E-state index in [0.717, 1.165) is 18.9 Å². The number of rotatable bonds is 7. The molecule has 0 unspecified atom stereocenters. The first-order chi connectivity index (χ1) is 8.91. The van der Waals surface area contributed by atoms with Gasteiger partial charge in [0.2, 0.25) is 0 Å². The van der Waals surface area contributed by atoms with Gasteiger partial charge in [0.1, 0.15) is 0 Å². The van der Waals surface area contributed by atoms with E-state index in [1.54, 1.807) is 7.11 Å². The van der Waals surface area contributed by atoms with Gasteiger partial charge in [-0.05, 0) is 27.2 Å². The van der Waals surface area contributed by atoms with Gasteiger partial charge in [0.05, 0.1) is 13.2 Å². The summed E-state index contributed by atoms with van der Waals surface area (Å²) in [5, 5.41) is 15.3. The van der Waals surface area contributed by atoms with E-state index in [2.05, 4.69) is 48.5 Å². The Morgan fingerprint density at radius 2 is 1.95 bits per heavy atom. The highest BCUT2D eigenvalue weighted by Crippen LogP contribution is 2.68. The SMILES string of the molecule is COCCNCc1nnnn1CC1C(C)(C)C1(C)C. The maximum absolute atomic E-state index is 5.00. The molecular formula is C13H25N5O. The highest BCUT2D eigenvalue weighted by atomic mass is 16.5. The largest absolute Gasteiger partial charge is 0.383 e. The summed E-state index contributed by atoms with van der Waals surface area (Å²) in [7, 11) is 1.70. The molecule has 1 heterocycles. The fourth-order valence-corrected chi connectivity index (χ4v) is 2.83. The van der Waals surface area contributed by atoms with E-state index in [9.17, 15) is 0 Å². The first kappa shape index (κ1) is 14.4. The third-order valence-electron chi connectivity index (χ3n) is 5.05. The van der Waals surface area contributed by atoms with Crippen LogP contribution in [0.15, 0.2) is 0 Å². The van der Waals surface area contributed by atoms with Gasteiger partial charge in [-0.2, -0.15) is 0 Å². The molecule has 1 aromatic heterocycles. The number of tetrazole rings is 1. The molecule has 1 aliphatic carbocycles. The van der Waals surface area contributed by atoms with Crippen LogP contribution in [0.2, 0.25) is 0 Å².